The number of ether oxygens (including phenoxy) is 1. The highest BCUT2D eigenvalue weighted by atomic mass is 16.5. The molecule has 0 saturated heterocycles. The van der Waals surface area contributed by atoms with E-state index in [1.165, 1.54) is 0 Å². The number of anilines is 1. The number of nitrogens with one attached hydrogen (secondary N) is 1. The van der Waals surface area contributed by atoms with Crippen LogP contribution in [-0.4, -0.2) is 32.8 Å². The van der Waals surface area contributed by atoms with Crippen LogP contribution in [0.25, 0.3) is 0 Å². The number of nitrogens with zero attached hydrogens (tertiary/aromatic N) is 2. The van der Waals surface area contributed by atoms with Gasteiger partial charge in [-0.1, -0.05) is 19.1 Å². The minimum atomic E-state index is -0.434. The van der Waals surface area contributed by atoms with Crippen LogP contribution in [0.3, 0.4) is 0 Å². The van der Waals surface area contributed by atoms with Crippen LogP contribution in [-0.2, 0) is 0 Å². The van der Waals surface area contributed by atoms with E-state index in [1.54, 1.807) is 7.11 Å². The molecule has 1 aromatic rings. The lowest BCUT2D eigenvalue weighted by Gasteiger charge is -2.25. The normalized spacial score (nSPS) is 13.3. The van der Waals surface area contributed by atoms with E-state index in [2.05, 4.69) is 23.3 Å². The van der Waals surface area contributed by atoms with Crippen LogP contribution in [0, 0.1) is 11.3 Å². The molecule has 1 unspecified atom stereocenters. The van der Waals surface area contributed by atoms with E-state index in [0.717, 1.165) is 37.4 Å². The standard InChI is InChI=1S/C16H25N3O/c1-5-18-16(2,13-17)11-8-12-19(3)14-9-6-7-10-15(14)20-4/h6-7,9-10,18H,5,8,11-12H2,1-4H3. The number of para-hydroxylation sites is 2. The molecule has 110 valence electrons. The summed E-state index contributed by atoms with van der Waals surface area (Å²) in [6.45, 7) is 5.69. The van der Waals surface area contributed by atoms with E-state index in [9.17, 15) is 5.26 Å². The largest absolute Gasteiger partial charge is 0.495 e. The molecule has 0 saturated carbocycles. The Bertz CT molecular complexity index is 455. The first-order valence-electron chi connectivity index (χ1n) is 7.06. The van der Waals surface area contributed by atoms with Crippen LogP contribution in [0.15, 0.2) is 24.3 Å². The van der Waals surface area contributed by atoms with Gasteiger partial charge in [0.15, 0.2) is 0 Å². The van der Waals surface area contributed by atoms with Gasteiger partial charge in [0.1, 0.15) is 11.3 Å². The molecule has 0 aliphatic rings. The van der Waals surface area contributed by atoms with E-state index in [-0.39, 0.29) is 0 Å². The number of hydrogen-bond donors (Lipinski definition) is 1. The molecule has 0 heterocycles. The van der Waals surface area contributed by atoms with Crippen molar-refractivity contribution in [3.05, 3.63) is 24.3 Å². The Morgan fingerprint density at radius 2 is 2.10 bits per heavy atom. The Hall–Kier alpha value is -1.73. The molecule has 0 fully saturated rings. The molecule has 0 spiro atoms. The lowest BCUT2D eigenvalue weighted by atomic mass is 9.97. The third kappa shape index (κ3) is 4.43. The van der Waals surface area contributed by atoms with Gasteiger partial charge in [0.25, 0.3) is 0 Å². The van der Waals surface area contributed by atoms with Gasteiger partial charge in [0.05, 0.1) is 18.9 Å². The third-order valence-electron chi connectivity index (χ3n) is 3.48. The maximum absolute atomic E-state index is 9.23. The molecular formula is C16H25N3O. The lowest BCUT2D eigenvalue weighted by Crippen LogP contribution is -2.41. The van der Waals surface area contributed by atoms with Gasteiger partial charge in [-0.05, 0) is 38.4 Å². The van der Waals surface area contributed by atoms with E-state index < -0.39 is 5.54 Å². The minimum absolute atomic E-state index is 0.434. The molecule has 1 rings (SSSR count). The van der Waals surface area contributed by atoms with Crippen molar-refractivity contribution in [2.45, 2.75) is 32.2 Å². The number of rotatable bonds is 8. The highest BCUT2D eigenvalue weighted by molar-refractivity contribution is 5.57. The van der Waals surface area contributed by atoms with E-state index >= 15 is 0 Å². The first kappa shape index (κ1) is 16.3. The van der Waals surface area contributed by atoms with Crippen LogP contribution < -0.4 is 15.0 Å². The molecule has 4 nitrogen and oxygen atoms in total. The Kier molecular flexibility index (Phi) is 6.33. The molecule has 1 aromatic carbocycles. The van der Waals surface area contributed by atoms with E-state index in [1.807, 2.05) is 38.1 Å². The monoisotopic (exact) mass is 275 g/mol. The van der Waals surface area contributed by atoms with E-state index in [4.69, 9.17) is 4.74 Å². The second-order valence-electron chi connectivity index (χ2n) is 5.17. The molecule has 0 aliphatic heterocycles. The molecule has 0 aromatic heterocycles. The lowest BCUT2D eigenvalue weighted by molar-refractivity contribution is 0.410. The van der Waals surface area contributed by atoms with E-state index in [0.29, 0.717) is 0 Å². The van der Waals surface area contributed by atoms with Crippen LogP contribution in [0.1, 0.15) is 26.7 Å². The number of nitriles is 1. The molecule has 0 amide bonds. The number of benzene rings is 1. The Labute approximate surface area is 122 Å². The highest BCUT2D eigenvalue weighted by Crippen LogP contribution is 2.27. The Morgan fingerprint density at radius 1 is 1.40 bits per heavy atom. The summed E-state index contributed by atoms with van der Waals surface area (Å²) in [6.07, 6.45) is 1.78. The molecule has 0 aliphatic carbocycles. The smallest absolute Gasteiger partial charge is 0.142 e. The van der Waals surface area contributed by atoms with Gasteiger partial charge in [0.2, 0.25) is 0 Å². The number of hydrogen-bond acceptors (Lipinski definition) is 4. The second kappa shape index (κ2) is 7.76. The highest BCUT2D eigenvalue weighted by Gasteiger charge is 2.21. The van der Waals surface area contributed by atoms with Crippen molar-refractivity contribution >= 4 is 5.69 Å². The van der Waals surface area contributed by atoms with Gasteiger partial charge in [-0.15, -0.1) is 0 Å². The van der Waals surface area contributed by atoms with Gasteiger partial charge in [0, 0.05) is 13.6 Å². The second-order valence-corrected chi connectivity index (χ2v) is 5.17. The summed E-state index contributed by atoms with van der Waals surface area (Å²) in [5.74, 6) is 0.879. The molecule has 1 atom stereocenters. The molecule has 0 bridgehead atoms. The fourth-order valence-electron chi connectivity index (χ4n) is 2.31. The van der Waals surface area contributed by atoms with Gasteiger partial charge in [-0.2, -0.15) is 5.26 Å². The quantitative estimate of drug-likeness (QED) is 0.792. The fourth-order valence-corrected chi connectivity index (χ4v) is 2.31. The summed E-state index contributed by atoms with van der Waals surface area (Å²) in [5, 5.41) is 12.5. The first-order chi connectivity index (χ1) is 9.56. The topological polar surface area (TPSA) is 48.3 Å². The zero-order valence-electron chi connectivity index (χ0n) is 12.9. The molecule has 0 radical (unpaired) electrons. The molecule has 4 heteroatoms. The summed E-state index contributed by atoms with van der Waals surface area (Å²) in [6, 6.07) is 10.3. The summed E-state index contributed by atoms with van der Waals surface area (Å²) < 4.78 is 5.37. The maximum atomic E-state index is 9.23. The van der Waals surface area contributed by atoms with Crippen LogP contribution in [0.5, 0.6) is 5.75 Å². The Morgan fingerprint density at radius 3 is 2.70 bits per heavy atom. The van der Waals surface area contributed by atoms with Crippen molar-refractivity contribution in [2.75, 3.05) is 32.1 Å². The summed E-state index contributed by atoms with van der Waals surface area (Å²) in [7, 11) is 3.74. The third-order valence-corrected chi connectivity index (χ3v) is 3.48. The average molecular weight is 275 g/mol. The number of methoxy groups -OCH3 is 1. The summed E-state index contributed by atoms with van der Waals surface area (Å²) in [5.41, 5.74) is 0.646. The minimum Gasteiger partial charge on any atom is -0.495 e. The first-order valence-corrected chi connectivity index (χ1v) is 7.06. The van der Waals surface area contributed by atoms with Crippen molar-refractivity contribution < 1.29 is 4.74 Å². The van der Waals surface area contributed by atoms with Gasteiger partial charge < -0.3 is 9.64 Å². The van der Waals surface area contributed by atoms with Gasteiger partial charge in [-0.3, -0.25) is 5.32 Å². The zero-order valence-corrected chi connectivity index (χ0v) is 12.9. The maximum Gasteiger partial charge on any atom is 0.142 e. The molecular weight excluding hydrogens is 250 g/mol. The zero-order chi connectivity index (χ0) is 15.0. The predicted octanol–water partition coefficient (Wildman–Crippen LogP) is 2.80. The van der Waals surface area contributed by atoms with Gasteiger partial charge >= 0.3 is 0 Å². The Balaban J connectivity index is 2.55. The van der Waals surface area contributed by atoms with Crippen LogP contribution >= 0.6 is 0 Å². The van der Waals surface area contributed by atoms with Gasteiger partial charge in [-0.25, -0.2) is 0 Å². The molecule has 20 heavy (non-hydrogen) atoms. The predicted molar refractivity (Wildman–Crippen MR) is 83.2 cm³/mol. The summed E-state index contributed by atoms with van der Waals surface area (Å²) in [4.78, 5) is 2.17. The molecule has 1 N–H and O–H groups in total. The SMILES string of the molecule is CCNC(C)(C#N)CCCN(C)c1ccccc1OC. The van der Waals surface area contributed by atoms with Crippen LogP contribution in [0.4, 0.5) is 5.69 Å². The fraction of sp³-hybridized carbons (Fsp3) is 0.562. The van der Waals surface area contributed by atoms with Crippen molar-refractivity contribution in [2.24, 2.45) is 0 Å². The van der Waals surface area contributed by atoms with Crippen molar-refractivity contribution in [1.29, 1.82) is 5.26 Å². The average Bonchev–Trinajstić information content (AvgIpc) is 2.47. The van der Waals surface area contributed by atoms with Crippen molar-refractivity contribution in [1.82, 2.24) is 5.32 Å². The summed E-state index contributed by atoms with van der Waals surface area (Å²) >= 11 is 0. The van der Waals surface area contributed by atoms with Crippen LogP contribution in [0.2, 0.25) is 0 Å². The van der Waals surface area contributed by atoms with Crippen molar-refractivity contribution in [3.8, 4) is 11.8 Å². The van der Waals surface area contributed by atoms with Crippen molar-refractivity contribution in [3.63, 3.8) is 0 Å².